The minimum atomic E-state index is 0.302. The smallest absolute Gasteiger partial charge is 0.130 e. The molecule has 0 aromatic carbocycles. The molecule has 0 saturated carbocycles. The molecule has 0 spiro atoms. The fraction of sp³-hybridized carbons (Fsp3) is 0.500. The summed E-state index contributed by atoms with van der Waals surface area (Å²) in [7, 11) is 0. The first-order valence-corrected chi connectivity index (χ1v) is 10.6. The third-order valence-corrected chi connectivity index (χ3v) is 6.38. The van der Waals surface area contributed by atoms with Crippen molar-refractivity contribution in [1.82, 2.24) is 19.6 Å². The highest BCUT2D eigenvalue weighted by atomic mass is 32.1. The Morgan fingerprint density at radius 3 is 2.79 bits per heavy atom. The summed E-state index contributed by atoms with van der Waals surface area (Å²) in [4.78, 5) is 7.43. The lowest BCUT2D eigenvalue weighted by Crippen LogP contribution is -2.44. The molecule has 0 amide bonds. The van der Waals surface area contributed by atoms with Crippen LogP contribution in [0.1, 0.15) is 31.0 Å². The first kappa shape index (κ1) is 18.0. The first-order valence-electron chi connectivity index (χ1n) is 9.80. The van der Waals surface area contributed by atoms with Crippen molar-refractivity contribution in [2.75, 3.05) is 37.9 Å². The SMILES string of the molecule is Cc1cc(-c2nsc3c([C]4CCOCC4)cc(N4CCOC[C@H]4C)nc23)[nH]n1. The van der Waals surface area contributed by atoms with Crippen LogP contribution in [0.15, 0.2) is 12.1 Å². The fourth-order valence-corrected chi connectivity index (χ4v) is 4.89. The molecule has 0 bridgehead atoms. The molecule has 0 unspecified atom stereocenters. The van der Waals surface area contributed by atoms with Gasteiger partial charge < -0.3 is 14.4 Å². The van der Waals surface area contributed by atoms with Gasteiger partial charge in [0.2, 0.25) is 0 Å². The second kappa shape index (κ2) is 7.42. The van der Waals surface area contributed by atoms with Crippen LogP contribution < -0.4 is 4.90 Å². The number of hydrogen-bond donors (Lipinski definition) is 1. The third kappa shape index (κ3) is 3.19. The van der Waals surface area contributed by atoms with Crippen LogP contribution in [0.5, 0.6) is 0 Å². The molecular formula is C20H24N5O2S. The molecule has 2 saturated heterocycles. The summed E-state index contributed by atoms with van der Waals surface area (Å²) in [5, 5.41) is 7.38. The topological polar surface area (TPSA) is 76.2 Å². The van der Waals surface area contributed by atoms with Gasteiger partial charge in [0, 0.05) is 25.7 Å². The Kier molecular flexibility index (Phi) is 4.78. The number of aromatic amines is 1. The van der Waals surface area contributed by atoms with Gasteiger partial charge in [0.1, 0.15) is 17.0 Å². The van der Waals surface area contributed by atoms with E-state index in [1.165, 1.54) is 23.0 Å². The summed E-state index contributed by atoms with van der Waals surface area (Å²) in [6.45, 7) is 8.06. The predicted octanol–water partition coefficient (Wildman–Crippen LogP) is 3.35. The molecule has 1 radical (unpaired) electrons. The lowest BCUT2D eigenvalue weighted by Gasteiger charge is -2.35. The second-order valence-electron chi connectivity index (χ2n) is 7.49. The van der Waals surface area contributed by atoms with E-state index in [-0.39, 0.29) is 0 Å². The molecule has 3 aromatic rings. The van der Waals surface area contributed by atoms with Gasteiger partial charge in [0.25, 0.3) is 0 Å². The van der Waals surface area contributed by atoms with Crippen LogP contribution in [0, 0.1) is 12.8 Å². The van der Waals surface area contributed by atoms with E-state index < -0.39 is 0 Å². The van der Waals surface area contributed by atoms with Crippen molar-refractivity contribution in [1.29, 1.82) is 0 Å². The van der Waals surface area contributed by atoms with Gasteiger partial charge in [-0.15, -0.1) is 0 Å². The molecule has 0 aliphatic carbocycles. The Hall–Kier alpha value is -2.03. The Labute approximate surface area is 168 Å². The number of ether oxygens (including phenoxy) is 2. The molecule has 5 heterocycles. The normalized spacial score (nSPS) is 21.5. The third-order valence-electron chi connectivity index (χ3n) is 5.51. The van der Waals surface area contributed by atoms with Gasteiger partial charge in [-0.25, -0.2) is 4.98 Å². The lowest BCUT2D eigenvalue weighted by molar-refractivity contribution is 0.0985. The maximum atomic E-state index is 5.63. The van der Waals surface area contributed by atoms with Crippen LogP contribution >= 0.6 is 11.5 Å². The van der Waals surface area contributed by atoms with Crippen molar-refractivity contribution in [2.45, 2.75) is 32.7 Å². The minimum absolute atomic E-state index is 0.302. The number of aromatic nitrogens is 4. The van der Waals surface area contributed by atoms with Crippen LogP contribution in [-0.2, 0) is 9.47 Å². The molecule has 7 nitrogen and oxygen atoms in total. The monoisotopic (exact) mass is 398 g/mol. The van der Waals surface area contributed by atoms with E-state index in [1.807, 2.05) is 13.0 Å². The molecule has 5 rings (SSSR count). The zero-order chi connectivity index (χ0) is 19.1. The number of pyridine rings is 1. The number of nitrogens with one attached hydrogen (secondary N) is 1. The number of hydrogen-bond acceptors (Lipinski definition) is 7. The van der Waals surface area contributed by atoms with Crippen molar-refractivity contribution < 1.29 is 9.47 Å². The van der Waals surface area contributed by atoms with E-state index in [2.05, 4.69) is 28.1 Å². The quantitative estimate of drug-likeness (QED) is 0.729. The van der Waals surface area contributed by atoms with E-state index in [0.29, 0.717) is 6.04 Å². The number of aryl methyl sites for hydroxylation is 1. The van der Waals surface area contributed by atoms with Crippen LogP contribution in [0.2, 0.25) is 0 Å². The average molecular weight is 399 g/mol. The molecule has 8 heteroatoms. The van der Waals surface area contributed by atoms with Crippen molar-refractivity contribution in [2.24, 2.45) is 0 Å². The van der Waals surface area contributed by atoms with Crippen molar-refractivity contribution in [3.05, 3.63) is 29.3 Å². The van der Waals surface area contributed by atoms with Crippen LogP contribution in [0.25, 0.3) is 21.6 Å². The Bertz CT molecular complexity index is 978. The second-order valence-corrected chi connectivity index (χ2v) is 8.27. The highest BCUT2D eigenvalue weighted by Crippen LogP contribution is 2.39. The van der Waals surface area contributed by atoms with Gasteiger partial charge in [-0.05, 0) is 55.9 Å². The average Bonchev–Trinajstić information content (AvgIpc) is 3.34. The summed E-state index contributed by atoms with van der Waals surface area (Å²) in [5.41, 5.74) is 5.00. The van der Waals surface area contributed by atoms with Gasteiger partial charge in [-0.3, -0.25) is 5.10 Å². The van der Waals surface area contributed by atoms with Gasteiger partial charge in [0.05, 0.1) is 35.3 Å². The molecular weight excluding hydrogens is 374 g/mol. The zero-order valence-electron chi connectivity index (χ0n) is 16.2. The molecule has 28 heavy (non-hydrogen) atoms. The number of fused-ring (bicyclic) bond motifs is 1. The highest BCUT2D eigenvalue weighted by Gasteiger charge is 2.27. The minimum Gasteiger partial charge on any atom is -0.381 e. The maximum Gasteiger partial charge on any atom is 0.130 e. The first-order chi connectivity index (χ1) is 13.7. The number of rotatable bonds is 3. The van der Waals surface area contributed by atoms with E-state index in [9.17, 15) is 0 Å². The standard InChI is InChI=1S/C20H24N5O2S/c1-12-9-16(23-22-12)18-19-20(28-24-18)15(14-3-6-26-7-4-14)10-17(21-19)25-5-8-27-11-13(25)2/h9-10,13H,3-8,11H2,1-2H3,(H,22,23)/t13-/m1/s1. The maximum absolute atomic E-state index is 5.63. The van der Waals surface area contributed by atoms with Gasteiger partial charge in [0.15, 0.2) is 0 Å². The molecule has 1 N–H and O–H groups in total. The molecule has 1 atom stereocenters. The van der Waals surface area contributed by atoms with E-state index in [4.69, 9.17) is 18.8 Å². The summed E-state index contributed by atoms with van der Waals surface area (Å²) in [5.74, 6) is 2.45. The van der Waals surface area contributed by atoms with Crippen LogP contribution in [0.4, 0.5) is 5.82 Å². The molecule has 2 fully saturated rings. The number of nitrogens with zero attached hydrogens (tertiary/aromatic N) is 4. The van der Waals surface area contributed by atoms with E-state index in [0.717, 1.165) is 78.9 Å². The fourth-order valence-electron chi connectivity index (χ4n) is 3.99. The molecule has 2 aliphatic rings. The van der Waals surface area contributed by atoms with Crippen molar-refractivity contribution >= 4 is 27.6 Å². The molecule has 2 aliphatic heterocycles. The van der Waals surface area contributed by atoms with Gasteiger partial charge in [-0.2, -0.15) is 9.47 Å². The van der Waals surface area contributed by atoms with E-state index in [1.54, 1.807) is 0 Å². The van der Waals surface area contributed by atoms with Crippen molar-refractivity contribution in [3.8, 4) is 11.4 Å². The van der Waals surface area contributed by atoms with Crippen LogP contribution in [0.3, 0.4) is 0 Å². The van der Waals surface area contributed by atoms with E-state index >= 15 is 0 Å². The summed E-state index contributed by atoms with van der Waals surface area (Å²) in [6.07, 6.45) is 1.93. The van der Waals surface area contributed by atoms with Gasteiger partial charge in [-0.1, -0.05) is 0 Å². The predicted molar refractivity (Wildman–Crippen MR) is 110 cm³/mol. The Balaban J connectivity index is 1.67. The summed E-state index contributed by atoms with van der Waals surface area (Å²) in [6, 6.07) is 4.59. The number of anilines is 1. The lowest BCUT2D eigenvalue weighted by atomic mass is 9.91. The highest BCUT2D eigenvalue weighted by molar-refractivity contribution is 7.13. The van der Waals surface area contributed by atoms with Gasteiger partial charge >= 0.3 is 0 Å². The van der Waals surface area contributed by atoms with Crippen LogP contribution in [-0.4, -0.2) is 58.6 Å². The molecule has 147 valence electrons. The van der Waals surface area contributed by atoms with Crippen molar-refractivity contribution in [3.63, 3.8) is 0 Å². The summed E-state index contributed by atoms with van der Waals surface area (Å²) < 4.78 is 17.1. The zero-order valence-corrected chi connectivity index (χ0v) is 17.0. The molecule has 3 aromatic heterocycles. The number of H-pyrrole nitrogens is 1. The number of morpholine rings is 1. The Morgan fingerprint density at radius 1 is 1.18 bits per heavy atom. The largest absolute Gasteiger partial charge is 0.381 e. The summed E-state index contributed by atoms with van der Waals surface area (Å²) >= 11 is 1.53. The Morgan fingerprint density at radius 2 is 2.04 bits per heavy atom.